The number of hydrogen-bond acceptors (Lipinski definition) is 3. The predicted octanol–water partition coefficient (Wildman–Crippen LogP) is 3.40. The summed E-state index contributed by atoms with van der Waals surface area (Å²) in [5.41, 5.74) is 1.73. The quantitative estimate of drug-likeness (QED) is 0.481. The highest BCUT2D eigenvalue weighted by Gasteiger charge is 2.06. The number of aliphatic imine (C=N–C) groups is 1. The van der Waals surface area contributed by atoms with E-state index in [0.29, 0.717) is 17.4 Å². The van der Waals surface area contributed by atoms with E-state index in [1.165, 1.54) is 4.90 Å². The van der Waals surface area contributed by atoms with E-state index >= 15 is 0 Å². The molecular formula is C19H22N4S. The van der Waals surface area contributed by atoms with Crippen molar-refractivity contribution in [2.75, 3.05) is 13.6 Å². The fourth-order valence-electron chi connectivity index (χ4n) is 2.17. The second kappa shape index (κ2) is 9.64. The van der Waals surface area contributed by atoms with Gasteiger partial charge in [-0.2, -0.15) is 5.26 Å². The highest BCUT2D eigenvalue weighted by atomic mass is 32.2. The summed E-state index contributed by atoms with van der Waals surface area (Å²) >= 11 is 1.83. The van der Waals surface area contributed by atoms with Gasteiger partial charge in [-0.05, 0) is 29.8 Å². The maximum Gasteiger partial charge on any atom is 0.191 e. The molecule has 0 aliphatic heterocycles. The molecule has 1 atom stereocenters. The lowest BCUT2D eigenvalue weighted by molar-refractivity contribution is 0.790. The van der Waals surface area contributed by atoms with Gasteiger partial charge in [0, 0.05) is 30.3 Å². The van der Waals surface area contributed by atoms with Crippen LogP contribution in [0.15, 0.2) is 64.5 Å². The van der Waals surface area contributed by atoms with Crippen molar-refractivity contribution in [3.05, 3.63) is 65.7 Å². The van der Waals surface area contributed by atoms with E-state index in [2.05, 4.69) is 52.9 Å². The molecule has 0 radical (unpaired) electrons. The van der Waals surface area contributed by atoms with Crippen LogP contribution in [0.3, 0.4) is 0 Å². The topological polar surface area (TPSA) is 60.2 Å². The van der Waals surface area contributed by atoms with Gasteiger partial charge in [-0.25, -0.2) is 0 Å². The Hall–Kier alpha value is -2.45. The first kappa shape index (κ1) is 17.9. The summed E-state index contributed by atoms with van der Waals surface area (Å²) in [5, 5.41) is 16.0. The van der Waals surface area contributed by atoms with Gasteiger partial charge in [0.25, 0.3) is 0 Å². The number of guanidine groups is 1. The molecule has 2 aromatic rings. The zero-order valence-corrected chi connectivity index (χ0v) is 14.8. The minimum Gasteiger partial charge on any atom is -0.355 e. The van der Waals surface area contributed by atoms with Gasteiger partial charge in [0.05, 0.1) is 11.6 Å². The van der Waals surface area contributed by atoms with Crippen molar-refractivity contribution in [1.29, 1.82) is 5.26 Å². The van der Waals surface area contributed by atoms with Gasteiger partial charge in [-0.1, -0.05) is 37.3 Å². The van der Waals surface area contributed by atoms with Crippen molar-refractivity contribution in [2.24, 2.45) is 4.99 Å². The lowest BCUT2D eigenvalue weighted by Crippen LogP contribution is -2.39. The van der Waals surface area contributed by atoms with Gasteiger partial charge < -0.3 is 10.6 Å². The lowest BCUT2D eigenvalue weighted by atomic mass is 10.1. The number of benzene rings is 2. The predicted molar refractivity (Wildman–Crippen MR) is 101 cm³/mol. The van der Waals surface area contributed by atoms with Crippen molar-refractivity contribution in [2.45, 2.75) is 23.6 Å². The fraction of sp³-hybridized carbons (Fsp3) is 0.263. The van der Waals surface area contributed by atoms with Crippen molar-refractivity contribution >= 4 is 17.7 Å². The summed E-state index contributed by atoms with van der Waals surface area (Å²) in [6.07, 6.45) is 0. The van der Waals surface area contributed by atoms with E-state index in [1.54, 1.807) is 13.1 Å². The van der Waals surface area contributed by atoms with Crippen LogP contribution in [0.1, 0.15) is 18.1 Å². The normalized spacial score (nSPS) is 12.3. The minimum atomic E-state index is 0.424. The molecule has 0 heterocycles. The summed E-state index contributed by atoms with van der Waals surface area (Å²) in [7, 11) is 1.76. The Morgan fingerprint density at radius 1 is 1.17 bits per heavy atom. The van der Waals surface area contributed by atoms with Crippen LogP contribution in [-0.2, 0) is 6.54 Å². The molecule has 0 spiro atoms. The third-order valence-corrected chi connectivity index (χ3v) is 4.49. The van der Waals surface area contributed by atoms with E-state index < -0.39 is 0 Å². The highest BCUT2D eigenvalue weighted by molar-refractivity contribution is 8.00. The molecule has 0 aliphatic rings. The molecule has 0 fully saturated rings. The van der Waals surface area contributed by atoms with Crippen LogP contribution in [0.4, 0.5) is 0 Å². The fourth-order valence-corrected chi connectivity index (χ4v) is 3.12. The summed E-state index contributed by atoms with van der Waals surface area (Å²) in [4.78, 5) is 5.51. The van der Waals surface area contributed by atoms with E-state index in [9.17, 15) is 0 Å². The Balaban J connectivity index is 1.79. The maximum atomic E-state index is 8.94. The smallest absolute Gasteiger partial charge is 0.191 e. The molecule has 24 heavy (non-hydrogen) atoms. The van der Waals surface area contributed by atoms with Crippen molar-refractivity contribution in [3.8, 4) is 6.07 Å². The van der Waals surface area contributed by atoms with Gasteiger partial charge in [0.15, 0.2) is 5.96 Å². The zero-order chi connectivity index (χ0) is 17.2. The van der Waals surface area contributed by atoms with Crippen LogP contribution in [0, 0.1) is 11.3 Å². The number of rotatable bonds is 6. The minimum absolute atomic E-state index is 0.424. The van der Waals surface area contributed by atoms with Crippen molar-refractivity contribution < 1.29 is 0 Å². The molecule has 0 aromatic heterocycles. The van der Waals surface area contributed by atoms with Gasteiger partial charge in [-0.15, -0.1) is 11.8 Å². The molecule has 0 bridgehead atoms. The molecule has 4 nitrogen and oxygen atoms in total. The zero-order valence-electron chi connectivity index (χ0n) is 14.0. The van der Waals surface area contributed by atoms with Gasteiger partial charge in [0.1, 0.15) is 0 Å². The molecule has 124 valence electrons. The number of thioether (sulfide) groups is 1. The Kier molecular flexibility index (Phi) is 7.19. The van der Waals surface area contributed by atoms with E-state index in [-0.39, 0.29) is 0 Å². The van der Waals surface area contributed by atoms with Crippen LogP contribution in [0.5, 0.6) is 0 Å². The summed E-state index contributed by atoms with van der Waals surface area (Å²) < 4.78 is 0. The molecule has 2 rings (SSSR count). The molecule has 0 amide bonds. The van der Waals surface area contributed by atoms with Crippen LogP contribution in [-0.4, -0.2) is 24.8 Å². The first-order valence-corrected chi connectivity index (χ1v) is 8.74. The summed E-state index contributed by atoms with van der Waals surface area (Å²) in [5.74, 6) is 0.762. The molecule has 1 unspecified atom stereocenters. The molecule has 0 saturated heterocycles. The van der Waals surface area contributed by atoms with E-state index in [0.717, 1.165) is 18.1 Å². The first-order valence-electron chi connectivity index (χ1n) is 7.86. The van der Waals surface area contributed by atoms with E-state index in [4.69, 9.17) is 5.26 Å². The largest absolute Gasteiger partial charge is 0.355 e. The number of nitrogens with one attached hydrogen (secondary N) is 2. The van der Waals surface area contributed by atoms with E-state index in [1.807, 2.05) is 36.0 Å². The van der Waals surface area contributed by atoms with Crippen LogP contribution >= 0.6 is 11.8 Å². The van der Waals surface area contributed by atoms with Gasteiger partial charge in [0.2, 0.25) is 0 Å². The average Bonchev–Trinajstić information content (AvgIpc) is 2.63. The van der Waals surface area contributed by atoms with Crippen LogP contribution in [0.2, 0.25) is 0 Å². The Labute approximate surface area is 148 Å². The van der Waals surface area contributed by atoms with Crippen LogP contribution < -0.4 is 10.6 Å². The molecule has 2 aromatic carbocycles. The Morgan fingerprint density at radius 2 is 1.96 bits per heavy atom. The molecule has 0 saturated carbocycles. The maximum absolute atomic E-state index is 8.94. The van der Waals surface area contributed by atoms with Crippen molar-refractivity contribution in [1.82, 2.24) is 10.6 Å². The number of nitrogens with zero attached hydrogens (tertiary/aromatic N) is 2. The standard InChI is InChI=1S/C19H22N4S/c1-15(24-18-9-4-3-5-10-18)13-22-19(21-2)23-14-17-8-6-7-16(11-17)12-20/h3-11,15H,13-14H2,1-2H3,(H2,21,22,23). The van der Waals surface area contributed by atoms with Crippen molar-refractivity contribution in [3.63, 3.8) is 0 Å². The highest BCUT2D eigenvalue weighted by Crippen LogP contribution is 2.21. The molecular weight excluding hydrogens is 316 g/mol. The lowest BCUT2D eigenvalue weighted by Gasteiger charge is -2.16. The SMILES string of the molecule is CN=C(NCc1cccc(C#N)c1)NCC(C)Sc1ccccc1. The second-order valence-electron chi connectivity index (χ2n) is 5.36. The molecule has 0 aliphatic carbocycles. The first-order chi connectivity index (χ1) is 11.7. The average molecular weight is 338 g/mol. The third kappa shape index (κ3) is 5.98. The second-order valence-corrected chi connectivity index (χ2v) is 6.87. The number of hydrogen-bond donors (Lipinski definition) is 2. The molecule has 2 N–H and O–H groups in total. The summed E-state index contributed by atoms with van der Waals surface area (Å²) in [6, 6.07) is 20.1. The third-order valence-electron chi connectivity index (χ3n) is 3.38. The molecule has 5 heteroatoms. The number of nitriles is 1. The Morgan fingerprint density at radius 3 is 2.67 bits per heavy atom. The van der Waals surface area contributed by atoms with Gasteiger partial charge in [-0.3, -0.25) is 4.99 Å². The monoisotopic (exact) mass is 338 g/mol. The summed E-state index contributed by atoms with van der Waals surface area (Å²) in [6.45, 7) is 3.64. The van der Waals surface area contributed by atoms with Gasteiger partial charge >= 0.3 is 0 Å². The van der Waals surface area contributed by atoms with Crippen LogP contribution in [0.25, 0.3) is 0 Å². The Bertz CT molecular complexity index is 707.